The standard InChI is InChI=1S/C26H22ClN3O3/c1-3-17-11-13-20(14-12-17)30-25(32)22(27)23(26(30)33)28-19-9-6-8-18(15-19)24(31)29-21-10-5-4-7-16(21)2/h4-15,28H,3H2,1-2H3,(H,29,31). The van der Waals surface area contributed by atoms with Crippen molar-refractivity contribution in [2.45, 2.75) is 20.3 Å². The van der Waals surface area contributed by atoms with Crippen LogP contribution in [0.4, 0.5) is 17.1 Å². The van der Waals surface area contributed by atoms with Crippen molar-refractivity contribution < 1.29 is 14.4 Å². The Kier molecular flexibility index (Phi) is 6.29. The highest BCUT2D eigenvalue weighted by Gasteiger charge is 2.39. The van der Waals surface area contributed by atoms with Gasteiger partial charge >= 0.3 is 0 Å². The van der Waals surface area contributed by atoms with E-state index < -0.39 is 11.8 Å². The zero-order valence-electron chi connectivity index (χ0n) is 18.2. The van der Waals surface area contributed by atoms with E-state index in [2.05, 4.69) is 10.6 Å². The summed E-state index contributed by atoms with van der Waals surface area (Å²) in [7, 11) is 0. The van der Waals surface area contributed by atoms with Gasteiger partial charge in [-0.05, 0) is 60.9 Å². The van der Waals surface area contributed by atoms with E-state index >= 15 is 0 Å². The van der Waals surface area contributed by atoms with Gasteiger partial charge in [-0.1, -0.05) is 54.9 Å². The first kappa shape index (κ1) is 22.3. The van der Waals surface area contributed by atoms with Crippen LogP contribution in [0.3, 0.4) is 0 Å². The third kappa shape index (κ3) is 4.52. The second kappa shape index (κ2) is 9.30. The Hall–Kier alpha value is -3.90. The third-order valence-corrected chi connectivity index (χ3v) is 5.77. The van der Waals surface area contributed by atoms with E-state index in [1.54, 1.807) is 36.4 Å². The van der Waals surface area contributed by atoms with E-state index in [0.29, 0.717) is 22.6 Å². The molecule has 0 saturated carbocycles. The van der Waals surface area contributed by atoms with Crippen molar-refractivity contribution in [1.82, 2.24) is 0 Å². The molecule has 0 saturated heterocycles. The van der Waals surface area contributed by atoms with Crippen molar-refractivity contribution in [3.05, 3.63) is 100 Å². The largest absolute Gasteiger partial charge is 0.350 e. The first-order chi connectivity index (χ1) is 15.9. The van der Waals surface area contributed by atoms with Gasteiger partial charge in [0.15, 0.2) is 0 Å². The topological polar surface area (TPSA) is 78.5 Å². The van der Waals surface area contributed by atoms with E-state index in [4.69, 9.17) is 11.6 Å². The minimum Gasteiger partial charge on any atom is -0.350 e. The molecule has 0 aromatic heterocycles. The fourth-order valence-corrected chi connectivity index (χ4v) is 3.73. The number of hydrogen-bond acceptors (Lipinski definition) is 4. The summed E-state index contributed by atoms with van der Waals surface area (Å²) in [6, 6.07) is 21.3. The molecule has 1 heterocycles. The Morgan fingerprint density at radius 3 is 2.36 bits per heavy atom. The molecule has 1 aliphatic rings. The van der Waals surface area contributed by atoms with Crippen molar-refractivity contribution in [2.24, 2.45) is 0 Å². The number of para-hydroxylation sites is 1. The van der Waals surface area contributed by atoms with Gasteiger partial charge in [0.1, 0.15) is 10.7 Å². The average molecular weight is 460 g/mol. The molecule has 0 atom stereocenters. The summed E-state index contributed by atoms with van der Waals surface area (Å²) in [5.41, 5.74) is 4.03. The molecule has 3 aromatic carbocycles. The van der Waals surface area contributed by atoms with Gasteiger partial charge in [0.2, 0.25) is 0 Å². The summed E-state index contributed by atoms with van der Waals surface area (Å²) in [5, 5.41) is 5.60. The predicted molar refractivity (Wildman–Crippen MR) is 130 cm³/mol. The number of benzene rings is 3. The van der Waals surface area contributed by atoms with Gasteiger partial charge in [-0.25, -0.2) is 4.90 Å². The Morgan fingerprint density at radius 1 is 0.939 bits per heavy atom. The maximum absolute atomic E-state index is 13.0. The molecule has 33 heavy (non-hydrogen) atoms. The monoisotopic (exact) mass is 459 g/mol. The van der Waals surface area contributed by atoms with Crippen molar-refractivity contribution >= 4 is 46.4 Å². The van der Waals surface area contributed by atoms with Crippen molar-refractivity contribution in [2.75, 3.05) is 15.5 Å². The molecule has 0 fully saturated rings. The van der Waals surface area contributed by atoms with Crippen LogP contribution < -0.4 is 15.5 Å². The van der Waals surface area contributed by atoms with Crippen LogP contribution in [0.1, 0.15) is 28.4 Å². The minimum atomic E-state index is -0.595. The molecular formula is C26H22ClN3O3. The number of hydrogen-bond donors (Lipinski definition) is 2. The third-order valence-electron chi connectivity index (χ3n) is 5.42. The molecule has 1 aliphatic heterocycles. The number of nitrogens with one attached hydrogen (secondary N) is 2. The van der Waals surface area contributed by atoms with Gasteiger partial charge in [0, 0.05) is 16.9 Å². The van der Waals surface area contributed by atoms with E-state index in [9.17, 15) is 14.4 Å². The smallest absolute Gasteiger partial charge is 0.283 e. The van der Waals surface area contributed by atoms with Crippen molar-refractivity contribution in [3.63, 3.8) is 0 Å². The lowest BCUT2D eigenvalue weighted by molar-refractivity contribution is -0.120. The average Bonchev–Trinajstić information content (AvgIpc) is 3.04. The van der Waals surface area contributed by atoms with E-state index in [0.717, 1.165) is 22.4 Å². The summed E-state index contributed by atoms with van der Waals surface area (Å²) >= 11 is 6.23. The minimum absolute atomic E-state index is 0.0299. The van der Waals surface area contributed by atoms with Crippen LogP contribution in [0, 0.1) is 6.92 Å². The van der Waals surface area contributed by atoms with Crippen LogP contribution >= 0.6 is 11.6 Å². The molecule has 0 radical (unpaired) electrons. The second-order valence-corrected chi connectivity index (χ2v) is 8.01. The van der Waals surface area contributed by atoms with E-state index in [-0.39, 0.29) is 16.6 Å². The lowest BCUT2D eigenvalue weighted by atomic mass is 10.1. The maximum atomic E-state index is 13.0. The lowest BCUT2D eigenvalue weighted by Crippen LogP contribution is -2.32. The number of carbonyl (C=O) groups is 3. The van der Waals surface area contributed by atoms with Gasteiger partial charge in [0.25, 0.3) is 17.7 Å². The molecule has 3 amide bonds. The van der Waals surface area contributed by atoms with Crippen LogP contribution in [0.5, 0.6) is 0 Å². The van der Waals surface area contributed by atoms with Gasteiger partial charge in [-0.3, -0.25) is 14.4 Å². The van der Waals surface area contributed by atoms with Gasteiger partial charge in [0.05, 0.1) is 5.69 Å². The predicted octanol–water partition coefficient (Wildman–Crippen LogP) is 5.25. The van der Waals surface area contributed by atoms with E-state index in [1.807, 2.05) is 50.2 Å². The fourth-order valence-electron chi connectivity index (χ4n) is 3.52. The highest BCUT2D eigenvalue weighted by atomic mass is 35.5. The Bertz CT molecular complexity index is 1280. The number of halogens is 1. The molecule has 166 valence electrons. The quantitative estimate of drug-likeness (QED) is 0.494. The zero-order valence-corrected chi connectivity index (χ0v) is 18.9. The molecule has 0 bridgehead atoms. The van der Waals surface area contributed by atoms with Crippen LogP contribution in [0.15, 0.2) is 83.5 Å². The highest BCUT2D eigenvalue weighted by Crippen LogP contribution is 2.30. The Balaban J connectivity index is 1.54. The first-order valence-electron chi connectivity index (χ1n) is 10.5. The number of nitrogens with zero attached hydrogens (tertiary/aromatic N) is 1. The molecule has 3 aromatic rings. The summed E-state index contributed by atoms with van der Waals surface area (Å²) in [6.07, 6.45) is 0.849. The Morgan fingerprint density at radius 2 is 1.67 bits per heavy atom. The summed E-state index contributed by atoms with van der Waals surface area (Å²) in [5.74, 6) is -1.44. The number of anilines is 3. The van der Waals surface area contributed by atoms with Crippen LogP contribution in [0.2, 0.25) is 0 Å². The van der Waals surface area contributed by atoms with Gasteiger partial charge in [-0.15, -0.1) is 0 Å². The number of amides is 3. The fraction of sp³-hybridized carbons (Fsp3) is 0.115. The molecule has 7 heteroatoms. The molecule has 0 aliphatic carbocycles. The normalized spacial score (nSPS) is 13.5. The molecule has 2 N–H and O–H groups in total. The lowest BCUT2D eigenvalue weighted by Gasteiger charge is -2.15. The van der Waals surface area contributed by atoms with E-state index in [1.165, 1.54) is 0 Å². The molecule has 0 spiro atoms. The van der Waals surface area contributed by atoms with Gasteiger partial charge in [-0.2, -0.15) is 0 Å². The summed E-state index contributed by atoms with van der Waals surface area (Å²) < 4.78 is 0. The van der Waals surface area contributed by atoms with Crippen LogP contribution in [-0.2, 0) is 16.0 Å². The molecule has 0 unspecified atom stereocenters. The first-order valence-corrected chi connectivity index (χ1v) is 10.9. The number of carbonyl (C=O) groups excluding carboxylic acids is 3. The summed E-state index contributed by atoms with van der Waals surface area (Å²) in [6.45, 7) is 3.93. The molecule has 6 nitrogen and oxygen atoms in total. The highest BCUT2D eigenvalue weighted by molar-refractivity contribution is 6.53. The number of aryl methyl sites for hydroxylation is 2. The molecule has 4 rings (SSSR count). The second-order valence-electron chi connectivity index (χ2n) is 7.63. The Labute approximate surface area is 196 Å². The zero-order chi connectivity index (χ0) is 23.5. The molecular weight excluding hydrogens is 438 g/mol. The number of imide groups is 1. The van der Waals surface area contributed by atoms with Crippen LogP contribution in [-0.4, -0.2) is 17.7 Å². The maximum Gasteiger partial charge on any atom is 0.283 e. The van der Waals surface area contributed by atoms with Crippen molar-refractivity contribution in [3.8, 4) is 0 Å². The summed E-state index contributed by atoms with van der Waals surface area (Å²) in [4.78, 5) is 39.5. The SMILES string of the molecule is CCc1ccc(N2C(=O)C(Cl)=C(Nc3cccc(C(=O)Nc4ccccc4C)c3)C2=O)cc1. The van der Waals surface area contributed by atoms with Crippen LogP contribution in [0.25, 0.3) is 0 Å². The number of rotatable bonds is 6. The van der Waals surface area contributed by atoms with Gasteiger partial charge < -0.3 is 10.6 Å². The van der Waals surface area contributed by atoms with Crippen molar-refractivity contribution in [1.29, 1.82) is 0 Å².